The Morgan fingerprint density at radius 3 is 2.47 bits per heavy atom. The van der Waals surface area contributed by atoms with Gasteiger partial charge in [0, 0.05) is 80.3 Å². The second-order valence-electron chi connectivity index (χ2n) is 11.7. The maximum Gasteiger partial charge on any atom is 0.225 e. The van der Waals surface area contributed by atoms with Crippen LogP contribution in [0.1, 0.15) is 29.9 Å². The van der Waals surface area contributed by atoms with Gasteiger partial charge in [0.25, 0.3) is 0 Å². The first kappa shape index (κ1) is 28.8. The molecule has 5 aromatic rings. The first-order valence-electron chi connectivity index (χ1n) is 15.0. The first-order chi connectivity index (χ1) is 20.8. The van der Waals surface area contributed by atoms with Gasteiger partial charge >= 0.3 is 0 Å². The summed E-state index contributed by atoms with van der Waals surface area (Å²) in [4.78, 5) is 25.9. The molecule has 0 amide bonds. The quantitative estimate of drug-likeness (QED) is 0.233. The molecule has 9 nitrogen and oxygen atoms in total. The summed E-state index contributed by atoms with van der Waals surface area (Å²) >= 11 is 0. The number of fused-ring (bicyclic) bond motifs is 1. The third-order valence-corrected chi connectivity index (χ3v) is 8.14. The van der Waals surface area contributed by atoms with E-state index in [1.165, 1.54) is 0 Å². The maximum atomic E-state index is 5.62. The number of aryl methyl sites for hydroxylation is 2. The molecule has 3 aromatic heterocycles. The number of hydrogen-bond donors (Lipinski definition) is 1. The van der Waals surface area contributed by atoms with Gasteiger partial charge in [0.1, 0.15) is 17.2 Å². The zero-order valence-corrected chi connectivity index (χ0v) is 25.7. The lowest BCUT2D eigenvalue weighted by molar-refractivity contribution is 0.228. The van der Waals surface area contributed by atoms with Crippen LogP contribution in [-0.4, -0.2) is 83.1 Å². The lowest BCUT2D eigenvalue weighted by Crippen LogP contribution is -2.48. The second-order valence-corrected chi connectivity index (χ2v) is 11.7. The monoisotopic (exact) mass is 576 g/mol. The van der Waals surface area contributed by atoms with E-state index in [2.05, 4.69) is 83.3 Å². The summed E-state index contributed by atoms with van der Waals surface area (Å²) in [5.74, 6) is 2.32. The fourth-order valence-electron chi connectivity index (χ4n) is 5.54. The Kier molecular flexibility index (Phi) is 8.35. The van der Waals surface area contributed by atoms with Gasteiger partial charge in [-0.2, -0.15) is 0 Å². The van der Waals surface area contributed by atoms with Gasteiger partial charge in [-0.3, -0.25) is 4.90 Å². The van der Waals surface area contributed by atoms with Crippen LogP contribution < -0.4 is 10.2 Å². The predicted molar refractivity (Wildman–Crippen MR) is 173 cm³/mol. The smallest absolute Gasteiger partial charge is 0.225 e. The van der Waals surface area contributed by atoms with Crippen LogP contribution in [0.5, 0.6) is 0 Å². The molecule has 1 saturated heterocycles. The fraction of sp³-hybridized carbons (Fsp3) is 0.353. The van der Waals surface area contributed by atoms with Gasteiger partial charge in [0.05, 0.1) is 12.0 Å². The number of benzene rings is 2. The molecule has 1 atom stereocenters. The Hall–Kier alpha value is -4.34. The molecule has 0 bridgehead atoms. The summed E-state index contributed by atoms with van der Waals surface area (Å²) in [5.41, 5.74) is 7.17. The highest BCUT2D eigenvalue weighted by Crippen LogP contribution is 2.29. The van der Waals surface area contributed by atoms with Crippen molar-refractivity contribution in [3.8, 4) is 22.4 Å². The van der Waals surface area contributed by atoms with Crippen molar-refractivity contribution in [3.63, 3.8) is 0 Å². The second kappa shape index (κ2) is 12.5. The first-order valence-corrected chi connectivity index (χ1v) is 15.0. The Bertz CT molecular complexity index is 1690. The van der Waals surface area contributed by atoms with E-state index in [4.69, 9.17) is 19.4 Å². The number of nitrogens with zero attached hydrogens (tertiary/aromatic N) is 7. The van der Waals surface area contributed by atoms with Crippen LogP contribution in [-0.2, 0) is 0 Å². The van der Waals surface area contributed by atoms with Crippen LogP contribution in [0.25, 0.3) is 33.4 Å². The zero-order chi connectivity index (χ0) is 29.9. The molecule has 0 radical (unpaired) electrons. The summed E-state index contributed by atoms with van der Waals surface area (Å²) in [6, 6.07) is 16.8. The molecular weight excluding hydrogens is 536 g/mol. The van der Waals surface area contributed by atoms with Gasteiger partial charge in [0.2, 0.25) is 5.95 Å². The lowest BCUT2D eigenvalue weighted by Gasteiger charge is -2.35. The Morgan fingerprint density at radius 2 is 1.70 bits per heavy atom. The van der Waals surface area contributed by atoms with Gasteiger partial charge in [-0.15, -0.1) is 0 Å². The Balaban J connectivity index is 1.13. The molecule has 1 fully saturated rings. The van der Waals surface area contributed by atoms with Crippen molar-refractivity contribution in [1.82, 2.24) is 29.7 Å². The highest BCUT2D eigenvalue weighted by Gasteiger charge is 2.19. The molecular formula is C34H40N8O. The molecule has 0 aliphatic carbocycles. The number of anilines is 2. The molecule has 9 heteroatoms. The van der Waals surface area contributed by atoms with Gasteiger partial charge in [-0.05, 0) is 75.8 Å². The largest absolute Gasteiger partial charge is 0.464 e. The number of nitrogens with one attached hydrogen (secondary N) is 1. The van der Waals surface area contributed by atoms with Crippen LogP contribution in [0.4, 0.5) is 11.8 Å². The van der Waals surface area contributed by atoms with Gasteiger partial charge in [0.15, 0.2) is 0 Å². The van der Waals surface area contributed by atoms with E-state index in [1.54, 1.807) is 6.26 Å². The lowest BCUT2D eigenvalue weighted by atomic mass is 10.0. The standard InChI is InChI=1S/C34H40N8O/c1-23-22-43-32-10-9-28(18-30(23)32)31-19-33(39-25(3)38-31)37-24(2)26-7-6-8-27(17-26)29-20-35-34(36-21-29)42-15-13-41(14-16-42)12-11-40(4)5/h6-10,17-22,24H,11-16H2,1-5H3,(H,37,38,39)/t24-/m0/s1. The highest BCUT2D eigenvalue weighted by molar-refractivity contribution is 5.85. The summed E-state index contributed by atoms with van der Waals surface area (Å²) in [7, 11) is 4.25. The minimum atomic E-state index is 0.0321. The molecule has 0 unspecified atom stereocenters. The maximum absolute atomic E-state index is 5.62. The van der Waals surface area contributed by atoms with Crippen LogP contribution in [0.15, 0.2) is 71.6 Å². The van der Waals surface area contributed by atoms with Crippen molar-refractivity contribution in [3.05, 3.63) is 84.1 Å². The zero-order valence-electron chi connectivity index (χ0n) is 25.7. The van der Waals surface area contributed by atoms with E-state index in [0.717, 1.165) is 101 Å². The van der Waals surface area contributed by atoms with Gasteiger partial charge in [-0.25, -0.2) is 19.9 Å². The van der Waals surface area contributed by atoms with E-state index >= 15 is 0 Å². The predicted octanol–water partition coefficient (Wildman–Crippen LogP) is 5.82. The average molecular weight is 577 g/mol. The Morgan fingerprint density at radius 1 is 0.907 bits per heavy atom. The topological polar surface area (TPSA) is 86.5 Å². The van der Waals surface area contributed by atoms with Crippen molar-refractivity contribution >= 4 is 22.7 Å². The number of hydrogen-bond acceptors (Lipinski definition) is 9. The van der Waals surface area contributed by atoms with Gasteiger partial charge < -0.3 is 19.5 Å². The van der Waals surface area contributed by atoms with E-state index in [-0.39, 0.29) is 6.04 Å². The third-order valence-electron chi connectivity index (χ3n) is 8.14. The molecule has 2 aromatic carbocycles. The normalized spacial score (nSPS) is 14.9. The van der Waals surface area contributed by atoms with E-state index in [9.17, 15) is 0 Å². The molecule has 1 N–H and O–H groups in total. The minimum absolute atomic E-state index is 0.0321. The van der Waals surface area contributed by atoms with Crippen molar-refractivity contribution in [1.29, 1.82) is 0 Å². The number of furan rings is 1. The highest BCUT2D eigenvalue weighted by atomic mass is 16.3. The van der Waals surface area contributed by atoms with E-state index in [1.807, 2.05) is 37.5 Å². The summed E-state index contributed by atoms with van der Waals surface area (Å²) in [6.45, 7) is 12.3. The van der Waals surface area contributed by atoms with Gasteiger partial charge in [-0.1, -0.05) is 18.2 Å². The number of rotatable bonds is 9. The van der Waals surface area contributed by atoms with Crippen molar-refractivity contribution in [2.24, 2.45) is 0 Å². The van der Waals surface area contributed by atoms with Crippen molar-refractivity contribution in [2.75, 3.05) is 63.6 Å². The number of aromatic nitrogens is 4. The minimum Gasteiger partial charge on any atom is -0.464 e. The van der Waals surface area contributed by atoms with E-state index < -0.39 is 0 Å². The molecule has 1 aliphatic rings. The summed E-state index contributed by atoms with van der Waals surface area (Å²) < 4.78 is 5.62. The third kappa shape index (κ3) is 6.68. The summed E-state index contributed by atoms with van der Waals surface area (Å²) in [5, 5.41) is 4.69. The average Bonchev–Trinajstić information content (AvgIpc) is 3.40. The molecule has 222 valence electrons. The van der Waals surface area contributed by atoms with Crippen molar-refractivity contribution < 1.29 is 4.42 Å². The fourth-order valence-corrected chi connectivity index (χ4v) is 5.54. The molecule has 0 saturated carbocycles. The SMILES string of the molecule is Cc1nc(N[C@@H](C)c2cccc(-c3cnc(N4CCN(CCN(C)C)CC4)nc3)c2)cc(-c2ccc3occ(C)c3c2)n1. The molecule has 0 spiro atoms. The number of likely N-dealkylation sites (N-methyl/N-ethyl adjacent to an activating group) is 1. The van der Waals surface area contributed by atoms with Crippen LogP contribution >= 0.6 is 0 Å². The van der Waals surface area contributed by atoms with Crippen molar-refractivity contribution in [2.45, 2.75) is 26.8 Å². The van der Waals surface area contributed by atoms with Crippen LogP contribution in [0, 0.1) is 13.8 Å². The van der Waals surface area contributed by atoms with Crippen LogP contribution in [0.2, 0.25) is 0 Å². The molecule has 1 aliphatic heterocycles. The molecule has 43 heavy (non-hydrogen) atoms. The van der Waals surface area contributed by atoms with Crippen LogP contribution in [0.3, 0.4) is 0 Å². The van der Waals surface area contributed by atoms with E-state index in [0.29, 0.717) is 0 Å². The Labute approximate surface area is 253 Å². The molecule has 6 rings (SSSR count). The summed E-state index contributed by atoms with van der Waals surface area (Å²) in [6.07, 6.45) is 5.67. The number of piperazine rings is 1. The molecule has 4 heterocycles.